The monoisotopic (exact) mass is 485 g/mol. The summed E-state index contributed by atoms with van der Waals surface area (Å²) in [6.45, 7) is 0.291. The van der Waals surface area contributed by atoms with Gasteiger partial charge < -0.3 is 15.2 Å². The maximum atomic E-state index is 13.2. The van der Waals surface area contributed by atoms with Gasteiger partial charge in [0, 0.05) is 28.6 Å². The topological polar surface area (TPSA) is 108 Å². The van der Waals surface area contributed by atoms with Crippen molar-refractivity contribution in [2.75, 3.05) is 10.2 Å². The van der Waals surface area contributed by atoms with Gasteiger partial charge in [-0.25, -0.2) is 4.98 Å². The summed E-state index contributed by atoms with van der Waals surface area (Å²) in [5.41, 5.74) is 5.71. The second-order valence-electron chi connectivity index (χ2n) is 10.0. The van der Waals surface area contributed by atoms with Gasteiger partial charge in [-0.2, -0.15) is 0 Å². The summed E-state index contributed by atoms with van der Waals surface area (Å²) in [5, 5.41) is 4.71. The number of nitrogens with zero attached hydrogens (tertiary/aromatic N) is 3. The lowest BCUT2D eigenvalue weighted by Gasteiger charge is -2.20. The predicted molar refractivity (Wildman–Crippen MR) is 139 cm³/mol. The van der Waals surface area contributed by atoms with Crippen LogP contribution in [0.2, 0.25) is 0 Å². The Bertz CT molecular complexity index is 1930. The normalized spacial score (nSPS) is 19.2. The molecule has 0 saturated heterocycles. The molecule has 0 saturated carbocycles. The van der Waals surface area contributed by atoms with Gasteiger partial charge in [0.2, 0.25) is 11.5 Å². The lowest BCUT2D eigenvalue weighted by molar-refractivity contribution is -0.120. The SMILES string of the molecule is O=C1c2cc(=O)[nH]c3cccc(c23)N1Cc1ccc2cc3c(cc2n1)CC1(C3)C(=O)Nc2ncccc21. The van der Waals surface area contributed by atoms with Crippen molar-refractivity contribution in [3.05, 3.63) is 105 Å². The van der Waals surface area contributed by atoms with Gasteiger partial charge in [0.1, 0.15) is 5.82 Å². The van der Waals surface area contributed by atoms with E-state index in [1.807, 2.05) is 36.4 Å². The van der Waals surface area contributed by atoms with Crippen molar-refractivity contribution in [1.29, 1.82) is 0 Å². The first kappa shape index (κ1) is 20.4. The third kappa shape index (κ3) is 2.69. The van der Waals surface area contributed by atoms with E-state index < -0.39 is 5.41 Å². The molecule has 5 heterocycles. The fraction of sp³-hybridized carbons (Fsp3) is 0.138. The van der Waals surface area contributed by atoms with Crippen molar-refractivity contribution >= 4 is 45.1 Å². The number of pyridine rings is 3. The quantitative estimate of drug-likeness (QED) is 0.397. The molecule has 2 N–H and O–H groups in total. The second-order valence-corrected chi connectivity index (χ2v) is 10.0. The number of amides is 2. The van der Waals surface area contributed by atoms with Crippen molar-refractivity contribution in [1.82, 2.24) is 15.0 Å². The van der Waals surface area contributed by atoms with Crippen LogP contribution in [-0.4, -0.2) is 26.8 Å². The molecule has 2 aliphatic heterocycles. The van der Waals surface area contributed by atoms with Crippen molar-refractivity contribution in [3.63, 3.8) is 0 Å². The minimum Gasteiger partial charge on any atom is -0.322 e. The minimum absolute atomic E-state index is 0.00475. The summed E-state index contributed by atoms with van der Waals surface area (Å²) in [5.74, 6) is 0.447. The van der Waals surface area contributed by atoms with Crippen molar-refractivity contribution in [2.45, 2.75) is 24.8 Å². The fourth-order valence-electron chi connectivity index (χ4n) is 6.29. The Morgan fingerprint density at radius 1 is 0.946 bits per heavy atom. The summed E-state index contributed by atoms with van der Waals surface area (Å²) in [4.78, 5) is 52.1. The lowest BCUT2D eigenvalue weighted by Crippen LogP contribution is -2.35. The minimum atomic E-state index is -0.629. The van der Waals surface area contributed by atoms with Gasteiger partial charge in [-0.15, -0.1) is 0 Å². The first-order chi connectivity index (χ1) is 18.0. The molecule has 3 aromatic heterocycles. The van der Waals surface area contributed by atoms with Gasteiger partial charge in [-0.3, -0.25) is 19.4 Å². The van der Waals surface area contributed by atoms with Crippen LogP contribution in [0.1, 0.15) is 32.7 Å². The molecule has 2 amide bonds. The molecule has 8 rings (SSSR count). The van der Waals surface area contributed by atoms with Gasteiger partial charge >= 0.3 is 0 Å². The van der Waals surface area contributed by atoms with Crippen LogP contribution in [-0.2, 0) is 29.6 Å². The lowest BCUT2D eigenvalue weighted by atomic mass is 9.79. The fourth-order valence-corrected chi connectivity index (χ4v) is 6.29. The Hall–Kier alpha value is -4.85. The van der Waals surface area contributed by atoms with E-state index in [2.05, 4.69) is 27.4 Å². The number of anilines is 2. The maximum Gasteiger partial charge on any atom is 0.259 e. The molecule has 1 unspecified atom stereocenters. The van der Waals surface area contributed by atoms with Crippen LogP contribution in [0.25, 0.3) is 21.8 Å². The number of hydrogen-bond donors (Lipinski definition) is 2. The summed E-state index contributed by atoms with van der Waals surface area (Å²) in [6, 6.07) is 18.9. The summed E-state index contributed by atoms with van der Waals surface area (Å²) >= 11 is 0. The van der Waals surface area contributed by atoms with Gasteiger partial charge in [-0.05, 0) is 60.4 Å². The van der Waals surface area contributed by atoms with Crippen LogP contribution in [0.15, 0.2) is 71.7 Å². The van der Waals surface area contributed by atoms with Gasteiger partial charge in [0.15, 0.2) is 0 Å². The van der Waals surface area contributed by atoms with E-state index in [9.17, 15) is 14.4 Å². The third-order valence-electron chi connectivity index (χ3n) is 7.97. The molecule has 5 aromatic rings. The van der Waals surface area contributed by atoms with E-state index in [4.69, 9.17) is 4.98 Å². The van der Waals surface area contributed by atoms with Crippen LogP contribution in [0.5, 0.6) is 0 Å². The Labute approximate surface area is 210 Å². The number of fused-ring (bicyclic) bond motifs is 4. The van der Waals surface area contributed by atoms with Gasteiger partial charge in [0.05, 0.1) is 39.9 Å². The number of nitrogens with one attached hydrogen (secondary N) is 2. The van der Waals surface area contributed by atoms with Crippen LogP contribution in [0, 0.1) is 0 Å². The van der Waals surface area contributed by atoms with Crippen molar-refractivity contribution in [3.8, 4) is 0 Å². The number of aromatic amines is 1. The van der Waals surface area contributed by atoms with Crippen molar-refractivity contribution in [2.24, 2.45) is 0 Å². The van der Waals surface area contributed by atoms with E-state index >= 15 is 0 Å². The summed E-state index contributed by atoms with van der Waals surface area (Å²) < 4.78 is 0. The number of carbonyl (C=O) groups excluding carboxylic acids is 2. The molecule has 8 nitrogen and oxygen atoms in total. The molecule has 37 heavy (non-hydrogen) atoms. The largest absolute Gasteiger partial charge is 0.322 e. The van der Waals surface area contributed by atoms with E-state index in [1.165, 1.54) is 6.07 Å². The highest BCUT2D eigenvalue weighted by molar-refractivity contribution is 6.24. The van der Waals surface area contributed by atoms with Crippen LogP contribution >= 0.6 is 0 Å². The smallest absolute Gasteiger partial charge is 0.259 e. The highest BCUT2D eigenvalue weighted by atomic mass is 16.2. The number of carbonyl (C=O) groups is 2. The van der Waals surface area contributed by atoms with E-state index in [0.29, 0.717) is 36.3 Å². The number of rotatable bonds is 2. The zero-order chi connectivity index (χ0) is 24.9. The van der Waals surface area contributed by atoms with Gasteiger partial charge in [-0.1, -0.05) is 18.2 Å². The molecular weight excluding hydrogens is 466 g/mol. The molecular formula is C29H19N5O3. The second kappa shape index (κ2) is 6.88. The molecule has 0 fully saturated rings. The predicted octanol–water partition coefficient (Wildman–Crippen LogP) is 3.62. The number of aromatic nitrogens is 3. The molecule has 8 heteroatoms. The highest BCUT2D eigenvalue weighted by Gasteiger charge is 2.51. The number of H-pyrrole nitrogens is 1. The highest BCUT2D eigenvalue weighted by Crippen LogP contribution is 2.47. The van der Waals surface area contributed by atoms with Crippen LogP contribution in [0.4, 0.5) is 11.5 Å². The zero-order valence-corrected chi connectivity index (χ0v) is 19.5. The van der Waals surface area contributed by atoms with Crippen LogP contribution < -0.4 is 15.8 Å². The standard InChI is InChI=1S/C29H19N5O3/c35-24-11-19-25-21(32-24)4-1-5-23(25)34(27(19)36)14-18-7-6-15-9-16-12-29(13-17(16)10-22(15)31-18)20-3-2-8-30-26(20)33-28(29)37/h1-11H,12-14H2,(H,32,35)(H,30,33,37). The molecule has 178 valence electrons. The summed E-state index contributed by atoms with van der Waals surface area (Å²) in [7, 11) is 0. The Balaban J connectivity index is 1.16. The first-order valence-electron chi connectivity index (χ1n) is 12.2. The van der Waals surface area contributed by atoms with Crippen molar-refractivity contribution < 1.29 is 9.59 Å². The zero-order valence-electron chi connectivity index (χ0n) is 19.5. The average molecular weight is 486 g/mol. The average Bonchev–Trinajstić information content (AvgIpc) is 3.49. The molecule has 0 bridgehead atoms. The Kier molecular flexibility index (Phi) is 3.79. The molecule has 0 radical (unpaired) electrons. The molecule has 1 aliphatic carbocycles. The van der Waals surface area contributed by atoms with E-state index in [-0.39, 0.29) is 17.4 Å². The third-order valence-corrected chi connectivity index (χ3v) is 7.97. The molecule has 1 spiro atoms. The maximum absolute atomic E-state index is 13.2. The molecule has 2 aromatic carbocycles. The Morgan fingerprint density at radius 2 is 1.81 bits per heavy atom. The number of benzene rings is 2. The van der Waals surface area contributed by atoms with E-state index in [1.54, 1.807) is 17.2 Å². The summed E-state index contributed by atoms with van der Waals surface area (Å²) in [6.07, 6.45) is 2.93. The molecule has 3 aliphatic rings. The molecule has 1 atom stereocenters. The van der Waals surface area contributed by atoms with Gasteiger partial charge in [0.25, 0.3) is 5.91 Å². The first-order valence-corrected chi connectivity index (χ1v) is 12.2. The van der Waals surface area contributed by atoms with E-state index in [0.717, 1.165) is 44.4 Å². The van der Waals surface area contributed by atoms with Crippen LogP contribution in [0.3, 0.4) is 0 Å². The number of hydrogen-bond acceptors (Lipinski definition) is 5. The Morgan fingerprint density at radius 3 is 2.70 bits per heavy atom.